The van der Waals surface area contributed by atoms with Crippen molar-refractivity contribution in [3.63, 3.8) is 0 Å². The molecule has 0 bridgehead atoms. The van der Waals surface area contributed by atoms with Gasteiger partial charge in [-0.1, -0.05) is 51.6 Å². The first-order valence-electron chi connectivity index (χ1n) is 5.83. The van der Waals surface area contributed by atoms with E-state index in [1.165, 1.54) is 22.5 Å². The molecule has 0 unspecified atom stereocenters. The van der Waals surface area contributed by atoms with Crippen molar-refractivity contribution in [1.82, 2.24) is 0 Å². The average molecular weight is 213 g/mol. The van der Waals surface area contributed by atoms with Crippen LogP contribution in [0.5, 0.6) is 0 Å². The Bertz CT molecular complexity index is 452. The van der Waals surface area contributed by atoms with Crippen LogP contribution < -0.4 is 5.32 Å². The Hall–Kier alpha value is -1.50. The molecule has 0 aliphatic carbocycles. The largest absolute Gasteiger partial charge is 0.358 e. The van der Waals surface area contributed by atoms with Crippen molar-refractivity contribution in [2.24, 2.45) is 0 Å². The molecule has 1 aliphatic rings. The predicted octanol–water partition coefficient (Wildman–Crippen LogP) is 4.24. The summed E-state index contributed by atoms with van der Waals surface area (Å²) in [6.45, 7) is 10.7. The van der Waals surface area contributed by atoms with E-state index in [0.29, 0.717) is 0 Å². The fourth-order valence-electron chi connectivity index (χ4n) is 2.55. The Balaban J connectivity index is 2.64. The number of fused-ring (bicyclic) bond motifs is 1. The van der Waals surface area contributed by atoms with Gasteiger partial charge in [-0.15, -0.1) is 0 Å². The highest BCUT2D eigenvalue weighted by Crippen LogP contribution is 2.42. The molecule has 1 nitrogen and oxygen atoms in total. The Kier molecular flexibility index (Phi) is 2.63. The number of para-hydroxylation sites is 1. The summed E-state index contributed by atoms with van der Waals surface area (Å²) in [6.07, 6.45) is 3.00. The van der Waals surface area contributed by atoms with Crippen LogP contribution in [0.1, 0.15) is 32.8 Å². The summed E-state index contributed by atoms with van der Waals surface area (Å²) in [5, 5.41) is 3.51. The monoisotopic (exact) mass is 213 g/mol. The summed E-state index contributed by atoms with van der Waals surface area (Å²) < 4.78 is 0. The van der Waals surface area contributed by atoms with Gasteiger partial charge >= 0.3 is 0 Å². The molecule has 16 heavy (non-hydrogen) atoms. The quantitative estimate of drug-likeness (QED) is 0.774. The van der Waals surface area contributed by atoms with Crippen molar-refractivity contribution in [3.05, 3.63) is 53.8 Å². The second-order valence-corrected chi connectivity index (χ2v) is 4.75. The zero-order chi connectivity index (χ0) is 11.8. The minimum atomic E-state index is 0.0505. The molecule has 1 heterocycles. The fourth-order valence-corrected chi connectivity index (χ4v) is 2.55. The Morgan fingerprint density at radius 3 is 2.62 bits per heavy atom. The summed E-state index contributed by atoms with van der Waals surface area (Å²) in [4.78, 5) is 0. The Labute approximate surface area is 97.9 Å². The lowest BCUT2D eigenvalue weighted by atomic mass is 9.73. The van der Waals surface area contributed by atoms with Crippen LogP contribution in [0.3, 0.4) is 0 Å². The van der Waals surface area contributed by atoms with Crippen molar-refractivity contribution in [2.75, 3.05) is 5.32 Å². The lowest BCUT2D eigenvalue weighted by Crippen LogP contribution is -2.28. The van der Waals surface area contributed by atoms with Gasteiger partial charge in [-0.2, -0.15) is 0 Å². The van der Waals surface area contributed by atoms with Crippen LogP contribution in [0.4, 0.5) is 5.69 Å². The molecule has 0 spiro atoms. The molecular formula is C15H19N. The van der Waals surface area contributed by atoms with Crippen molar-refractivity contribution < 1.29 is 0 Å². The highest BCUT2D eigenvalue weighted by molar-refractivity contribution is 5.66. The molecule has 1 aromatic carbocycles. The molecule has 1 aliphatic heterocycles. The van der Waals surface area contributed by atoms with E-state index in [0.717, 1.165) is 6.42 Å². The average Bonchev–Trinajstić information content (AvgIpc) is 2.28. The molecule has 0 amide bonds. The van der Waals surface area contributed by atoms with Gasteiger partial charge in [0.25, 0.3) is 0 Å². The van der Waals surface area contributed by atoms with E-state index in [2.05, 4.69) is 56.9 Å². The first kappa shape index (κ1) is 11.0. The van der Waals surface area contributed by atoms with Crippen molar-refractivity contribution in [2.45, 2.75) is 32.6 Å². The van der Waals surface area contributed by atoms with Crippen LogP contribution in [-0.2, 0) is 5.41 Å². The number of allylic oxidation sites excluding steroid dienone is 3. The van der Waals surface area contributed by atoms with Crippen LogP contribution in [0, 0.1) is 0 Å². The first-order chi connectivity index (χ1) is 7.61. The Morgan fingerprint density at radius 1 is 1.31 bits per heavy atom. The van der Waals surface area contributed by atoms with Gasteiger partial charge in [0.1, 0.15) is 0 Å². The Morgan fingerprint density at radius 2 is 2.00 bits per heavy atom. The zero-order valence-electron chi connectivity index (χ0n) is 10.3. The molecule has 0 saturated heterocycles. The summed E-state index contributed by atoms with van der Waals surface area (Å²) in [6, 6.07) is 8.51. The second kappa shape index (κ2) is 3.82. The number of benzene rings is 1. The van der Waals surface area contributed by atoms with Crippen molar-refractivity contribution in [1.29, 1.82) is 0 Å². The summed E-state index contributed by atoms with van der Waals surface area (Å²) in [5.74, 6) is 0. The van der Waals surface area contributed by atoms with E-state index in [9.17, 15) is 0 Å². The molecule has 0 atom stereocenters. The summed E-state index contributed by atoms with van der Waals surface area (Å²) >= 11 is 0. The molecule has 0 saturated carbocycles. The maximum atomic E-state index is 3.95. The smallest absolute Gasteiger partial charge is 0.0423 e. The van der Waals surface area contributed by atoms with Gasteiger partial charge in [0.05, 0.1) is 0 Å². The molecule has 1 aromatic rings. The van der Waals surface area contributed by atoms with Crippen LogP contribution in [-0.4, -0.2) is 0 Å². The van der Waals surface area contributed by atoms with Crippen LogP contribution in [0.25, 0.3) is 0 Å². The minimum absolute atomic E-state index is 0.0505. The minimum Gasteiger partial charge on any atom is -0.358 e. The molecular weight excluding hydrogens is 194 g/mol. The molecule has 84 valence electrons. The van der Waals surface area contributed by atoms with E-state index < -0.39 is 0 Å². The van der Waals surface area contributed by atoms with E-state index in [4.69, 9.17) is 0 Å². The number of anilines is 1. The van der Waals surface area contributed by atoms with Gasteiger partial charge in [0.15, 0.2) is 0 Å². The SMILES string of the molecule is C=CC1=C(CC)Nc2ccccc2C1(C)C. The number of nitrogens with one attached hydrogen (secondary N) is 1. The van der Waals surface area contributed by atoms with E-state index in [-0.39, 0.29) is 5.41 Å². The van der Waals surface area contributed by atoms with E-state index in [1.807, 2.05) is 6.08 Å². The van der Waals surface area contributed by atoms with Gasteiger partial charge in [-0.25, -0.2) is 0 Å². The van der Waals surface area contributed by atoms with Gasteiger partial charge in [-0.05, 0) is 23.6 Å². The first-order valence-corrected chi connectivity index (χ1v) is 5.83. The number of rotatable bonds is 2. The molecule has 0 fully saturated rings. The molecule has 2 rings (SSSR count). The predicted molar refractivity (Wildman–Crippen MR) is 70.6 cm³/mol. The topological polar surface area (TPSA) is 12.0 Å². The van der Waals surface area contributed by atoms with Crippen LogP contribution in [0.15, 0.2) is 48.2 Å². The summed E-state index contributed by atoms with van der Waals surface area (Å²) in [7, 11) is 0. The summed E-state index contributed by atoms with van der Waals surface area (Å²) in [5.41, 5.74) is 5.24. The lowest BCUT2D eigenvalue weighted by Gasteiger charge is -2.36. The van der Waals surface area contributed by atoms with E-state index in [1.54, 1.807) is 0 Å². The molecule has 0 aromatic heterocycles. The van der Waals surface area contributed by atoms with Crippen LogP contribution in [0.2, 0.25) is 0 Å². The molecule has 0 radical (unpaired) electrons. The third kappa shape index (κ3) is 1.47. The van der Waals surface area contributed by atoms with Gasteiger partial charge in [0.2, 0.25) is 0 Å². The third-order valence-corrected chi connectivity index (χ3v) is 3.44. The van der Waals surface area contributed by atoms with Crippen molar-refractivity contribution in [3.8, 4) is 0 Å². The standard InChI is InChI=1S/C15H19N/c1-5-11-13(6-2)16-14-10-8-7-9-12(14)15(11,3)4/h5,7-10,16H,1,6H2,2-4H3. The highest BCUT2D eigenvalue weighted by atomic mass is 14.9. The normalized spacial score (nSPS) is 17.7. The van der Waals surface area contributed by atoms with E-state index >= 15 is 0 Å². The lowest BCUT2D eigenvalue weighted by molar-refractivity contribution is 0.622. The third-order valence-electron chi connectivity index (χ3n) is 3.44. The maximum absolute atomic E-state index is 3.95. The van der Waals surface area contributed by atoms with Crippen LogP contribution >= 0.6 is 0 Å². The molecule has 1 N–H and O–H groups in total. The van der Waals surface area contributed by atoms with Gasteiger partial charge in [-0.3, -0.25) is 0 Å². The molecule has 1 heteroatoms. The zero-order valence-corrected chi connectivity index (χ0v) is 10.3. The van der Waals surface area contributed by atoms with Gasteiger partial charge < -0.3 is 5.32 Å². The highest BCUT2D eigenvalue weighted by Gasteiger charge is 2.32. The van der Waals surface area contributed by atoms with Gasteiger partial charge in [0, 0.05) is 16.8 Å². The number of hydrogen-bond acceptors (Lipinski definition) is 1. The fraction of sp³-hybridized carbons (Fsp3) is 0.333. The maximum Gasteiger partial charge on any atom is 0.0423 e. The second-order valence-electron chi connectivity index (χ2n) is 4.75. The number of hydrogen-bond donors (Lipinski definition) is 1. The van der Waals surface area contributed by atoms with Crippen molar-refractivity contribution >= 4 is 5.69 Å².